The largest absolute Gasteiger partial charge is 0.372 e. The lowest BCUT2D eigenvalue weighted by molar-refractivity contribution is -0.197. The zero-order valence-corrected chi connectivity index (χ0v) is 16.9. The number of hydrogen-bond donors (Lipinski definition) is 0. The predicted molar refractivity (Wildman–Crippen MR) is 101 cm³/mol. The van der Waals surface area contributed by atoms with Crippen LogP contribution in [0.1, 0.15) is 98.8 Å². The third-order valence-electron chi connectivity index (χ3n) is 8.85. The number of ether oxygens (including phenoxy) is 1. The van der Waals surface area contributed by atoms with E-state index in [-0.39, 0.29) is 5.60 Å². The zero-order chi connectivity index (χ0) is 17.2. The van der Waals surface area contributed by atoms with Crippen molar-refractivity contribution in [3.63, 3.8) is 0 Å². The Kier molecular flexibility index (Phi) is 4.15. The third-order valence-corrected chi connectivity index (χ3v) is 8.85. The molecule has 0 aromatic rings. The minimum Gasteiger partial charge on any atom is -0.372 e. The van der Waals surface area contributed by atoms with Gasteiger partial charge >= 0.3 is 0 Å². The Hall–Kier alpha value is -0.0400. The highest BCUT2D eigenvalue weighted by Crippen LogP contribution is 2.66. The molecule has 0 N–H and O–H groups in total. The van der Waals surface area contributed by atoms with Crippen molar-refractivity contribution in [1.82, 2.24) is 0 Å². The smallest absolute Gasteiger partial charge is 0.0618 e. The van der Waals surface area contributed by atoms with Crippen molar-refractivity contribution in [2.45, 2.75) is 111 Å². The van der Waals surface area contributed by atoms with Gasteiger partial charge in [-0.3, -0.25) is 0 Å². The topological polar surface area (TPSA) is 9.23 Å². The zero-order valence-electron chi connectivity index (χ0n) is 16.9. The summed E-state index contributed by atoms with van der Waals surface area (Å²) < 4.78 is 6.74. The average molecular weight is 333 g/mol. The maximum atomic E-state index is 6.74. The van der Waals surface area contributed by atoms with Crippen molar-refractivity contribution in [3.8, 4) is 0 Å². The maximum Gasteiger partial charge on any atom is 0.0618 e. The molecule has 0 bridgehead atoms. The Morgan fingerprint density at radius 3 is 2.29 bits per heavy atom. The van der Waals surface area contributed by atoms with E-state index in [1.807, 2.05) is 0 Å². The second kappa shape index (κ2) is 5.73. The summed E-state index contributed by atoms with van der Waals surface area (Å²) in [5.41, 5.74) is 1.22. The molecule has 0 radical (unpaired) electrons. The first-order valence-corrected chi connectivity index (χ1v) is 10.9. The Bertz CT molecular complexity index is 477. The molecule has 4 fully saturated rings. The summed E-state index contributed by atoms with van der Waals surface area (Å²) in [7, 11) is 0. The molecular weight excluding hydrogens is 292 g/mol. The molecule has 24 heavy (non-hydrogen) atoms. The van der Waals surface area contributed by atoms with Gasteiger partial charge in [0, 0.05) is 0 Å². The first-order chi connectivity index (χ1) is 11.2. The average Bonchev–Trinajstić information content (AvgIpc) is 2.87. The van der Waals surface area contributed by atoms with Gasteiger partial charge in [0.1, 0.15) is 0 Å². The van der Waals surface area contributed by atoms with Crippen LogP contribution in [0.3, 0.4) is 0 Å². The normalized spacial score (nSPS) is 51.6. The fourth-order valence-electron chi connectivity index (χ4n) is 7.90. The van der Waals surface area contributed by atoms with Crippen molar-refractivity contribution >= 4 is 0 Å². The van der Waals surface area contributed by atoms with Crippen molar-refractivity contribution in [3.05, 3.63) is 0 Å². The Morgan fingerprint density at radius 1 is 0.792 bits per heavy atom. The molecule has 0 aromatic carbocycles. The fourth-order valence-corrected chi connectivity index (χ4v) is 7.90. The van der Waals surface area contributed by atoms with Gasteiger partial charge in [-0.2, -0.15) is 0 Å². The van der Waals surface area contributed by atoms with Gasteiger partial charge in [-0.1, -0.05) is 33.1 Å². The molecule has 0 aromatic heterocycles. The highest BCUT2D eigenvalue weighted by molar-refractivity contribution is 5.09. The maximum absolute atomic E-state index is 6.74. The van der Waals surface area contributed by atoms with Crippen molar-refractivity contribution in [2.75, 3.05) is 0 Å². The lowest BCUT2D eigenvalue weighted by Crippen LogP contribution is -2.57. The van der Waals surface area contributed by atoms with Crippen molar-refractivity contribution in [1.29, 1.82) is 0 Å². The van der Waals surface area contributed by atoms with E-state index in [0.717, 1.165) is 23.7 Å². The Morgan fingerprint density at radius 2 is 1.54 bits per heavy atom. The van der Waals surface area contributed by atoms with E-state index in [9.17, 15) is 0 Å². The molecule has 1 nitrogen and oxygen atoms in total. The van der Waals surface area contributed by atoms with E-state index in [0.29, 0.717) is 16.9 Å². The quantitative estimate of drug-likeness (QED) is 0.525. The van der Waals surface area contributed by atoms with Crippen LogP contribution in [0, 0.1) is 34.5 Å². The molecule has 0 saturated heterocycles. The molecule has 7 atom stereocenters. The fraction of sp³-hybridized carbons (Fsp3) is 1.00. The van der Waals surface area contributed by atoms with E-state index < -0.39 is 0 Å². The van der Waals surface area contributed by atoms with Gasteiger partial charge in [0.05, 0.1) is 11.7 Å². The summed E-state index contributed by atoms with van der Waals surface area (Å²) in [6.07, 6.45) is 15.1. The standard InChI is InChI=1S/C23H40O/c1-21(2,3)24-20-15-16-17-10-8-12-22(17,4)14-11-18(16)23(5)13-7-6-9-19(20)23/h16-20H,6-15H2,1-5H3/t16-,17-,18+,19?,20?,22-,23+/m0/s1. The van der Waals surface area contributed by atoms with Crippen LogP contribution in [0.5, 0.6) is 0 Å². The number of hydrogen-bond acceptors (Lipinski definition) is 1. The highest BCUT2D eigenvalue weighted by atomic mass is 16.5. The third kappa shape index (κ3) is 2.68. The molecule has 0 spiro atoms. The van der Waals surface area contributed by atoms with Gasteiger partial charge < -0.3 is 4.74 Å². The minimum atomic E-state index is 0.00348. The monoisotopic (exact) mass is 332 g/mol. The van der Waals surface area contributed by atoms with Gasteiger partial charge in [-0.25, -0.2) is 0 Å². The second-order valence-corrected chi connectivity index (χ2v) is 11.3. The first kappa shape index (κ1) is 17.4. The molecule has 4 aliphatic carbocycles. The first-order valence-electron chi connectivity index (χ1n) is 10.9. The molecule has 4 saturated carbocycles. The van der Waals surface area contributed by atoms with Crippen LogP contribution in [-0.4, -0.2) is 11.7 Å². The van der Waals surface area contributed by atoms with Crippen LogP contribution in [0.15, 0.2) is 0 Å². The summed E-state index contributed by atoms with van der Waals surface area (Å²) in [5.74, 6) is 3.73. The van der Waals surface area contributed by atoms with Crippen LogP contribution in [0.25, 0.3) is 0 Å². The SMILES string of the molecule is CC(C)(C)OC1C[C@@H]2[C@@H](CC[C@]3(C)CCC[C@@H]23)[C@@]2(C)CCCCC12. The lowest BCUT2D eigenvalue weighted by Gasteiger charge is -2.62. The van der Waals surface area contributed by atoms with Gasteiger partial charge in [0.2, 0.25) is 0 Å². The van der Waals surface area contributed by atoms with Gasteiger partial charge in [0.25, 0.3) is 0 Å². The van der Waals surface area contributed by atoms with Gasteiger partial charge in [-0.05, 0) is 100 Å². The summed E-state index contributed by atoms with van der Waals surface area (Å²) >= 11 is 0. The van der Waals surface area contributed by atoms with E-state index in [1.54, 1.807) is 0 Å². The molecule has 4 rings (SSSR count). The molecule has 4 aliphatic rings. The van der Waals surface area contributed by atoms with Gasteiger partial charge in [0.15, 0.2) is 0 Å². The van der Waals surface area contributed by atoms with Crippen molar-refractivity contribution in [2.24, 2.45) is 34.5 Å². The van der Waals surface area contributed by atoms with Crippen LogP contribution in [0.2, 0.25) is 0 Å². The van der Waals surface area contributed by atoms with Crippen LogP contribution in [-0.2, 0) is 4.74 Å². The van der Waals surface area contributed by atoms with Crippen LogP contribution < -0.4 is 0 Å². The van der Waals surface area contributed by atoms with Crippen molar-refractivity contribution < 1.29 is 4.74 Å². The molecule has 2 unspecified atom stereocenters. The highest BCUT2D eigenvalue weighted by Gasteiger charge is 2.60. The Balaban J connectivity index is 1.67. The molecule has 1 heteroatoms. The van der Waals surface area contributed by atoms with E-state index in [4.69, 9.17) is 4.74 Å². The van der Waals surface area contributed by atoms with E-state index in [2.05, 4.69) is 34.6 Å². The van der Waals surface area contributed by atoms with Crippen LogP contribution in [0.4, 0.5) is 0 Å². The predicted octanol–water partition coefficient (Wildman–Crippen LogP) is 6.60. The second-order valence-electron chi connectivity index (χ2n) is 11.3. The van der Waals surface area contributed by atoms with Crippen LogP contribution >= 0.6 is 0 Å². The Labute approximate surface area is 150 Å². The van der Waals surface area contributed by atoms with E-state index >= 15 is 0 Å². The molecule has 138 valence electrons. The molecular formula is C23H40O. The summed E-state index contributed by atoms with van der Waals surface area (Å²) in [5, 5.41) is 0. The van der Waals surface area contributed by atoms with Gasteiger partial charge in [-0.15, -0.1) is 0 Å². The van der Waals surface area contributed by atoms with E-state index in [1.165, 1.54) is 64.2 Å². The molecule has 0 amide bonds. The number of fused-ring (bicyclic) bond motifs is 5. The minimum absolute atomic E-state index is 0.00348. The summed E-state index contributed by atoms with van der Waals surface area (Å²) in [6.45, 7) is 12.1. The molecule has 0 aliphatic heterocycles. The summed E-state index contributed by atoms with van der Waals surface area (Å²) in [4.78, 5) is 0. The summed E-state index contributed by atoms with van der Waals surface area (Å²) in [6, 6.07) is 0. The number of rotatable bonds is 1. The molecule has 0 heterocycles. The lowest BCUT2D eigenvalue weighted by atomic mass is 9.45.